The third kappa shape index (κ3) is 4.26. The molecule has 0 spiro atoms. The Morgan fingerprint density at radius 3 is 2.72 bits per heavy atom. The normalized spacial score (nSPS) is 17.3. The minimum Gasteiger partial charge on any atom is -0.399 e. The molecule has 1 aromatic carbocycles. The minimum atomic E-state index is 0.772. The van der Waals surface area contributed by atoms with Crippen LogP contribution < -0.4 is 5.73 Å². The molecule has 1 aliphatic heterocycles. The monoisotopic (exact) mass is 312 g/mol. The predicted octanol–water partition coefficient (Wildman–Crippen LogP) is 2.89. The van der Waals surface area contributed by atoms with Gasteiger partial charge in [-0.05, 0) is 49.6 Å². The zero-order valence-corrected chi connectivity index (χ0v) is 12.4. The van der Waals surface area contributed by atoms with E-state index >= 15 is 0 Å². The van der Waals surface area contributed by atoms with E-state index < -0.39 is 0 Å². The standard InChI is InChI=1S/C14H21BrN2O/c1-17(9-11-2-4-18-5-3-11)10-12-6-13(15)8-14(16)7-12/h6-8,11H,2-5,9-10,16H2,1H3. The number of nitrogen functional groups attached to an aromatic ring is 1. The van der Waals surface area contributed by atoms with E-state index in [1.807, 2.05) is 12.1 Å². The fraction of sp³-hybridized carbons (Fsp3) is 0.571. The van der Waals surface area contributed by atoms with Gasteiger partial charge in [-0.15, -0.1) is 0 Å². The molecule has 18 heavy (non-hydrogen) atoms. The molecule has 100 valence electrons. The van der Waals surface area contributed by atoms with E-state index in [-0.39, 0.29) is 0 Å². The highest BCUT2D eigenvalue weighted by atomic mass is 79.9. The molecule has 1 heterocycles. The zero-order chi connectivity index (χ0) is 13.0. The van der Waals surface area contributed by atoms with Gasteiger partial charge >= 0.3 is 0 Å². The quantitative estimate of drug-likeness (QED) is 0.869. The molecule has 2 rings (SSSR count). The van der Waals surface area contributed by atoms with E-state index in [1.165, 1.54) is 18.4 Å². The van der Waals surface area contributed by atoms with Crippen molar-refractivity contribution in [2.24, 2.45) is 5.92 Å². The van der Waals surface area contributed by atoms with E-state index in [0.717, 1.165) is 42.4 Å². The lowest BCUT2D eigenvalue weighted by molar-refractivity contribution is 0.0549. The number of hydrogen-bond donors (Lipinski definition) is 1. The van der Waals surface area contributed by atoms with Crippen molar-refractivity contribution in [3.05, 3.63) is 28.2 Å². The van der Waals surface area contributed by atoms with E-state index in [2.05, 4.69) is 33.9 Å². The Morgan fingerprint density at radius 2 is 2.06 bits per heavy atom. The first-order chi connectivity index (χ1) is 8.63. The first-order valence-corrected chi connectivity index (χ1v) is 7.24. The summed E-state index contributed by atoms with van der Waals surface area (Å²) in [6.45, 7) is 3.92. The highest BCUT2D eigenvalue weighted by Crippen LogP contribution is 2.20. The third-order valence-corrected chi connectivity index (χ3v) is 3.80. The Kier molecular flexibility index (Phi) is 5.03. The van der Waals surface area contributed by atoms with Crippen LogP contribution in [0.5, 0.6) is 0 Å². The van der Waals surface area contributed by atoms with Crippen molar-refractivity contribution in [3.8, 4) is 0 Å². The summed E-state index contributed by atoms with van der Waals surface area (Å²) in [5.74, 6) is 0.772. The largest absolute Gasteiger partial charge is 0.399 e. The van der Waals surface area contributed by atoms with Crippen LogP contribution in [0.4, 0.5) is 5.69 Å². The molecular formula is C14H21BrN2O. The molecule has 0 radical (unpaired) electrons. The fourth-order valence-electron chi connectivity index (χ4n) is 2.51. The number of nitrogens with zero attached hydrogens (tertiary/aromatic N) is 1. The highest BCUT2D eigenvalue weighted by molar-refractivity contribution is 9.10. The second kappa shape index (κ2) is 6.55. The summed E-state index contributed by atoms with van der Waals surface area (Å²) in [7, 11) is 2.17. The maximum Gasteiger partial charge on any atom is 0.0469 e. The molecule has 1 saturated heterocycles. The van der Waals surface area contributed by atoms with Crippen molar-refractivity contribution in [1.29, 1.82) is 0 Å². The number of hydrogen-bond acceptors (Lipinski definition) is 3. The van der Waals surface area contributed by atoms with Crippen molar-refractivity contribution in [2.75, 3.05) is 32.5 Å². The molecule has 0 amide bonds. The molecule has 1 aromatic rings. The smallest absolute Gasteiger partial charge is 0.0469 e. The second-order valence-corrected chi connectivity index (χ2v) is 6.06. The highest BCUT2D eigenvalue weighted by Gasteiger charge is 2.15. The van der Waals surface area contributed by atoms with Crippen molar-refractivity contribution in [1.82, 2.24) is 4.90 Å². The minimum absolute atomic E-state index is 0.772. The Bertz CT molecular complexity index is 371. The number of benzene rings is 1. The zero-order valence-electron chi connectivity index (χ0n) is 10.9. The van der Waals surface area contributed by atoms with Crippen molar-refractivity contribution >= 4 is 21.6 Å². The number of ether oxygens (including phenoxy) is 1. The van der Waals surface area contributed by atoms with Crippen LogP contribution in [0.25, 0.3) is 0 Å². The number of rotatable bonds is 4. The first-order valence-electron chi connectivity index (χ1n) is 6.45. The topological polar surface area (TPSA) is 38.5 Å². The molecule has 0 bridgehead atoms. The maximum absolute atomic E-state index is 5.85. The molecule has 2 N–H and O–H groups in total. The summed E-state index contributed by atoms with van der Waals surface area (Å²) in [5.41, 5.74) is 7.93. The molecule has 0 atom stereocenters. The van der Waals surface area contributed by atoms with Gasteiger partial charge in [-0.3, -0.25) is 0 Å². The van der Waals surface area contributed by atoms with Crippen molar-refractivity contribution in [2.45, 2.75) is 19.4 Å². The van der Waals surface area contributed by atoms with E-state index in [0.29, 0.717) is 0 Å². The second-order valence-electron chi connectivity index (χ2n) is 5.15. The van der Waals surface area contributed by atoms with E-state index in [1.54, 1.807) is 0 Å². The molecule has 3 nitrogen and oxygen atoms in total. The van der Waals surface area contributed by atoms with Gasteiger partial charge in [-0.2, -0.15) is 0 Å². The summed E-state index contributed by atoms with van der Waals surface area (Å²) in [4.78, 5) is 2.37. The van der Waals surface area contributed by atoms with E-state index in [9.17, 15) is 0 Å². The van der Waals surface area contributed by atoms with Crippen LogP contribution in [0, 0.1) is 5.92 Å². The molecule has 0 aromatic heterocycles. The summed E-state index contributed by atoms with van der Waals surface area (Å²) in [6, 6.07) is 6.12. The molecule has 0 aliphatic carbocycles. The van der Waals surface area contributed by atoms with Crippen LogP contribution >= 0.6 is 15.9 Å². The Morgan fingerprint density at radius 1 is 1.33 bits per heavy atom. The van der Waals surface area contributed by atoms with Gasteiger partial charge in [-0.25, -0.2) is 0 Å². The molecule has 0 unspecified atom stereocenters. The maximum atomic E-state index is 5.85. The van der Waals surface area contributed by atoms with Gasteiger partial charge in [0, 0.05) is 36.5 Å². The van der Waals surface area contributed by atoms with Crippen molar-refractivity contribution in [3.63, 3.8) is 0 Å². The first kappa shape index (κ1) is 13.8. The van der Waals surface area contributed by atoms with Crippen LogP contribution in [-0.4, -0.2) is 31.7 Å². The Labute approximate surface area is 117 Å². The Hall–Kier alpha value is -0.580. The summed E-state index contributed by atoms with van der Waals surface area (Å²) < 4.78 is 6.44. The lowest BCUT2D eigenvalue weighted by Crippen LogP contribution is -2.29. The van der Waals surface area contributed by atoms with Crippen LogP contribution in [0.15, 0.2) is 22.7 Å². The molecule has 1 aliphatic rings. The predicted molar refractivity (Wildman–Crippen MR) is 78.4 cm³/mol. The molecule has 0 saturated carbocycles. The van der Waals surface area contributed by atoms with Gasteiger partial charge in [-0.1, -0.05) is 15.9 Å². The average Bonchev–Trinajstić information content (AvgIpc) is 2.28. The van der Waals surface area contributed by atoms with Gasteiger partial charge in [0.2, 0.25) is 0 Å². The summed E-state index contributed by atoms with van der Waals surface area (Å²) >= 11 is 3.49. The van der Waals surface area contributed by atoms with Crippen LogP contribution in [0.2, 0.25) is 0 Å². The van der Waals surface area contributed by atoms with Gasteiger partial charge in [0.15, 0.2) is 0 Å². The number of anilines is 1. The lowest BCUT2D eigenvalue weighted by Gasteiger charge is -2.27. The third-order valence-electron chi connectivity index (χ3n) is 3.34. The van der Waals surface area contributed by atoms with Gasteiger partial charge in [0.25, 0.3) is 0 Å². The van der Waals surface area contributed by atoms with Gasteiger partial charge in [0.1, 0.15) is 0 Å². The van der Waals surface area contributed by atoms with Crippen LogP contribution in [0.3, 0.4) is 0 Å². The van der Waals surface area contributed by atoms with Gasteiger partial charge in [0.05, 0.1) is 0 Å². The average molecular weight is 313 g/mol. The summed E-state index contributed by atoms with van der Waals surface area (Å²) in [5, 5.41) is 0. The molecule has 4 heteroatoms. The number of halogens is 1. The van der Waals surface area contributed by atoms with Crippen LogP contribution in [-0.2, 0) is 11.3 Å². The number of nitrogens with two attached hydrogens (primary N) is 1. The molecular weight excluding hydrogens is 292 g/mol. The summed E-state index contributed by atoms with van der Waals surface area (Å²) in [6.07, 6.45) is 2.37. The molecule has 1 fully saturated rings. The lowest BCUT2D eigenvalue weighted by atomic mass is 10.00. The van der Waals surface area contributed by atoms with E-state index in [4.69, 9.17) is 10.5 Å². The SMILES string of the molecule is CN(Cc1cc(N)cc(Br)c1)CC1CCOCC1. The Balaban J connectivity index is 1.87. The van der Waals surface area contributed by atoms with Crippen LogP contribution in [0.1, 0.15) is 18.4 Å². The van der Waals surface area contributed by atoms with Gasteiger partial charge < -0.3 is 15.4 Å². The fourth-order valence-corrected chi connectivity index (χ4v) is 3.07. The van der Waals surface area contributed by atoms with Crippen molar-refractivity contribution < 1.29 is 4.74 Å².